The molecule has 0 saturated heterocycles. The summed E-state index contributed by atoms with van der Waals surface area (Å²) >= 11 is 0. The molecule has 0 bridgehead atoms. The summed E-state index contributed by atoms with van der Waals surface area (Å²) in [5, 5.41) is 8.52. The minimum atomic E-state index is -0.959. The van der Waals surface area contributed by atoms with E-state index in [1.165, 1.54) is 0 Å². The maximum atomic E-state index is 10.4. The first kappa shape index (κ1) is 17.1. The van der Waals surface area contributed by atoms with E-state index in [9.17, 15) is 4.79 Å². The molecular formula is C9H13NNa2O2. The van der Waals surface area contributed by atoms with Gasteiger partial charge in [0.05, 0.1) is 0 Å². The van der Waals surface area contributed by atoms with Crippen LogP contribution >= 0.6 is 0 Å². The fourth-order valence-corrected chi connectivity index (χ4v) is 0.955. The van der Waals surface area contributed by atoms with E-state index < -0.39 is 12.0 Å². The van der Waals surface area contributed by atoms with E-state index in [1.54, 1.807) is 0 Å². The van der Waals surface area contributed by atoms with Gasteiger partial charge in [-0.2, -0.15) is 0 Å². The van der Waals surface area contributed by atoms with Gasteiger partial charge in [0.15, 0.2) is 0 Å². The Hall–Kier alpha value is 0.650. The van der Waals surface area contributed by atoms with Crippen LogP contribution < -0.4 is 64.8 Å². The summed E-state index contributed by atoms with van der Waals surface area (Å²) in [7, 11) is 0. The summed E-state index contributed by atoms with van der Waals surface area (Å²) in [4.78, 5) is 10.4. The van der Waals surface area contributed by atoms with E-state index in [0.717, 1.165) is 5.56 Å². The number of aliphatic carboxylic acids is 1. The van der Waals surface area contributed by atoms with Crippen molar-refractivity contribution in [3.8, 4) is 0 Å². The Balaban J connectivity index is -0.000000180. The summed E-state index contributed by atoms with van der Waals surface area (Å²) in [5.41, 5.74) is 6.30. The summed E-state index contributed by atoms with van der Waals surface area (Å²) in [6.07, 6.45) is 0.385. The number of hydrogen-bond donors (Lipinski definition) is 2. The van der Waals surface area contributed by atoms with E-state index in [-0.39, 0.29) is 62.0 Å². The second kappa shape index (κ2) is 8.92. The first-order valence-electron chi connectivity index (χ1n) is 3.72. The normalized spacial score (nSPS) is 10.6. The third-order valence-electron chi connectivity index (χ3n) is 1.62. The van der Waals surface area contributed by atoms with Crippen molar-refractivity contribution in [2.75, 3.05) is 0 Å². The SMILES string of the molecule is NC(Cc1ccccc1)C(=O)O.[H-].[H-].[Na+].[Na+]. The molecule has 68 valence electrons. The minimum Gasteiger partial charge on any atom is -1.00 e. The van der Waals surface area contributed by atoms with Gasteiger partial charge in [0, 0.05) is 0 Å². The number of hydrogen-bond acceptors (Lipinski definition) is 2. The standard InChI is InChI=1S/C9H11NO2.2Na.2H/c10-8(9(11)12)6-7-4-2-1-3-5-7;;;;/h1-5,8H,6,10H2,(H,11,12);;;;/q;2*+1;2*-1. The Labute approximate surface area is 131 Å². The third kappa shape index (κ3) is 6.19. The predicted molar refractivity (Wildman–Crippen MR) is 48.0 cm³/mol. The molecule has 0 heterocycles. The molecule has 3 nitrogen and oxygen atoms in total. The molecule has 0 amide bonds. The second-order valence-electron chi connectivity index (χ2n) is 2.63. The van der Waals surface area contributed by atoms with E-state index >= 15 is 0 Å². The number of rotatable bonds is 3. The largest absolute Gasteiger partial charge is 1.00 e. The van der Waals surface area contributed by atoms with Crippen LogP contribution in [0.4, 0.5) is 0 Å². The van der Waals surface area contributed by atoms with Gasteiger partial charge in [-0.3, -0.25) is 4.79 Å². The van der Waals surface area contributed by atoms with Crippen LogP contribution in [-0.2, 0) is 11.2 Å². The van der Waals surface area contributed by atoms with Gasteiger partial charge in [0.25, 0.3) is 0 Å². The van der Waals surface area contributed by atoms with Crippen LogP contribution in [0.3, 0.4) is 0 Å². The Morgan fingerprint density at radius 3 is 2.29 bits per heavy atom. The van der Waals surface area contributed by atoms with Crippen LogP contribution in [0.15, 0.2) is 30.3 Å². The third-order valence-corrected chi connectivity index (χ3v) is 1.62. The molecule has 0 saturated carbocycles. The molecule has 0 spiro atoms. The van der Waals surface area contributed by atoms with Crippen molar-refractivity contribution < 1.29 is 71.9 Å². The zero-order valence-electron chi connectivity index (χ0n) is 10.6. The van der Waals surface area contributed by atoms with Crippen molar-refractivity contribution in [1.82, 2.24) is 0 Å². The van der Waals surface area contributed by atoms with Gasteiger partial charge in [0.2, 0.25) is 0 Å². The van der Waals surface area contributed by atoms with E-state index in [4.69, 9.17) is 10.8 Å². The number of nitrogens with two attached hydrogens (primary N) is 1. The predicted octanol–water partition coefficient (Wildman–Crippen LogP) is -5.13. The zero-order chi connectivity index (χ0) is 8.97. The molecule has 1 atom stereocenters. The number of carboxylic acid groups (broad SMARTS) is 1. The van der Waals surface area contributed by atoms with Crippen LogP contribution in [0.2, 0.25) is 0 Å². The van der Waals surface area contributed by atoms with Gasteiger partial charge in [0.1, 0.15) is 6.04 Å². The quantitative estimate of drug-likeness (QED) is 0.494. The average molecular weight is 213 g/mol. The molecular weight excluding hydrogens is 200 g/mol. The van der Waals surface area contributed by atoms with E-state index in [2.05, 4.69) is 0 Å². The van der Waals surface area contributed by atoms with Crippen molar-refractivity contribution in [3.05, 3.63) is 35.9 Å². The second-order valence-corrected chi connectivity index (χ2v) is 2.63. The Morgan fingerprint density at radius 2 is 1.86 bits per heavy atom. The molecule has 5 heteroatoms. The molecule has 0 fully saturated rings. The van der Waals surface area contributed by atoms with Crippen LogP contribution in [-0.4, -0.2) is 17.1 Å². The summed E-state index contributed by atoms with van der Waals surface area (Å²) < 4.78 is 0. The van der Waals surface area contributed by atoms with Crippen LogP contribution in [0.1, 0.15) is 8.42 Å². The molecule has 0 radical (unpaired) electrons. The van der Waals surface area contributed by atoms with Gasteiger partial charge in [-0.15, -0.1) is 0 Å². The van der Waals surface area contributed by atoms with Gasteiger partial charge in [-0.1, -0.05) is 30.3 Å². The van der Waals surface area contributed by atoms with Crippen molar-refractivity contribution in [2.45, 2.75) is 12.5 Å². The number of carboxylic acids is 1. The topological polar surface area (TPSA) is 63.3 Å². The molecule has 1 rings (SSSR count). The fourth-order valence-electron chi connectivity index (χ4n) is 0.955. The van der Waals surface area contributed by atoms with Crippen molar-refractivity contribution >= 4 is 5.97 Å². The fraction of sp³-hybridized carbons (Fsp3) is 0.222. The summed E-state index contributed by atoms with van der Waals surface area (Å²) in [6.45, 7) is 0. The molecule has 1 aromatic carbocycles. The first-order valence-corrected chi connectivity index (χ1v) is 3.72. The smallest absolute Gasteiger partial charge is 1.00 e. The number of benzene rings is 1. The van der Waals surface area contributed by atoms with Crippen molar-refractivity contribution in [2.24, 2.45) is 5.73 Å². The molecule has 14 heavy (non-hydrogen) atoms. The summed E-state index contributed by atoms with van der Waals surface area (Å²) in [6, 6.07) is 8.54. The molecule has 1 aromatic rings. The molecule has 1 unspecified atom stereocenters. The van der Waals surface area contributed by atoms with Crippen LogP contribution in [0.5, 0.6) is 0 Å². The van der Waals surface area contributed by atoms with Gasteiger partial charge < -0.3 is 13.7 Å². The van der Waals surface area contributed by atoms with Crippen LogP contribution in [0.25, 0.3) is 0 Å². The zero-order valence-corrected chi connectivity index (χ0v) is 12.6. The molecule has 0 aromatic heterocycles. The van der Waals surface area contributed by atoms with Crippen LogP contribution in [0, 0.1) is 0 Å². The Morgan fingerprint density at radius 1 is 1.36 bits per heavy atom. The van der Waals surface area contributed by atoms with E-state index in [0.29, 0.717) is 6.42 Å². The first-order chi connectivity index (χ1) is 5.70. The minimum absolute atomic E-state index is 0. The average Bonchev–Trinajstić information content (AvgIpc) is 2.06. The summed E-state index contributed by atoms with van der Waals surface area (Å²) in [5.74, 6) is -0.959. The molecule has 0 aliphatic heterocycles. The molecule has 0 aliphatic carbocycles. The Kier molecular flexibility index (Phi) is 10.9. The Bertz CT molecular complexity index is 275. The van der Waals surface area contributed by atoms with Gasteiger partial charge in [-0.25, -0.2) is 0 Å². The van der Waals surface area contributed by atoms with Gasteiger partial charge in [-0.05, 0) is 12.0 Å². The maximum absolute atomic E-state index is 10.4. The van der Waals surface area contributed by atoms with Crippen molar-refractivity contribution in [3.63, 3.8) is 0 Å². The molecule has 0 aliphatic rings. The monoisotopic (exact) mass is 213 g/mol. The van der Waals surface area contributed by atoms with Gasteiger partial charge >= 0.3 is 65.1 Å². The maximum Gasteiger partial charge on any atom is 1.00 e. The number of carbonyl (C=O) groups is 1. The van der Waals surface area contributed by atoms with Crippen molar-refractivity contribution in [1.29, 1.82) is 0 Å². The van der Waals surface area contributed by atoms with E-state index in [1.807, 2.05) is 30.3 Å². The molecule has 3 N–H and O–H groups in total.